The van der Waals surface area contributed by atoms with Crippen LogP contribution in [-0.2, 0) is 26.2 Å². The molecule has 0 spiro atoms. The van der Waals surface area contributed by atoms with Crippen molar-refractivity contribution in [1.29, 1.82) is 0 Å². The molecule has 218 valence electrons. The molecule has 0 bridgehead atoms. The fraction of sp³-hybridized carbons (Fsp3) is 0.533. The van der Waals surface area contributed by atoms with E-state index < -0.39 is 16.1 Å². The van der Waals surface area contributed by atoms with E-state index in [2.05, 4.69) is 5.32 Å². The largest absolute Gasteiger partial charge is 0.454 e. The summed E-state index contributed by atoms with van der Waals surface area (Å²) < 4.78 is 37.4. The van der Waals surface area contributed by atoms with Gasteiger partial charge in [0.25, 0.3) is 0 Å². The molecule has 1 fully saturated rings. The maximum absolute atomic E-state index is 13.7. The third-order valence-electron chi connectivity index (χ3n) is 7.74. The predicted octanol–water partition coefficient (Wildman–Crippen LogP) is 4.53. The molecule has 2 aromatic carbocycles. The fourth-order valence-electron chi connectivity index (χ4n) is 5.48. The van der Waals surface area contributed by atoms with Gasteiger partial charge in [0.05, 0.1) is 11.9 Å². The number of ether oxygens (including phenoxy) is 2. The van der Waals surface area contributed by atoms with E-state index >= 15 is 0 Å². The molecule has 9 nitrogen and oxygen atoms in total. The molecule has 0 saturated heterocycles. The van der Waals surface area contributed by atoms with E-state index in [0.29, 0.717) is 36.6 Å². The number of nitrogens with one attached hydrogen (secondary N) is 1. The smallest absolute Gasteiger partial charge is 0.243 e. The van der Waals surface area contributed by atoms with Crippen molar-refractivity contribution in [2.45, 2.75) is 83.8 Å². The van der Waals surface area contributed by atoms with E-state index in [1.165, 1.54) is 10.7 Å². The first-order valence-electron chi connectivity index (χ1n) is 14.2. The molecule has 2 aromatic rings. The molecule has 4 rings (SSSR count). The van der Waals surface area contributed by atoms with Crippen LogP contribution in [0.15, 0.2) is 42.5 Å². The highest BCUT2D eigenvalue weighted by molar-refractivity contribution is 7.92. The van der Waals surface area contributed by atoms with Crippen LogP contribution in [0.5, 0.6) is 11.5 Å². The maximum Gasteiger partial charge on any atom is 0.243 e. The molecule has 0 aromatic heterocycles. The Morgan fingerprint density at radius 1 is 1.05 bits per heavy atom. The monoisotopic (exact) mass is 571 g/mol. The lowest BCUT2D eigenvalue weighted by Gasteiger charge is -2.33. The van der Waals surface area contributed by atoms with Gasteiger partial charge in [0.2, 0.25) is 28.6 Å². The second-order valence-corrected chi connectivity index (χ2v) is 12.6. The van der Waals surface area contributed by atoms with Crippen molar-refractivity contribution in [2.24, 2.45) is 0 Å². The van der Waals surface area contributed by atoms with Gasteiger partial charge < -0.3 is 19.7 Å². The summed E-state index contributed by atoms with van der Waals surface area (Å²) in [5.74, 6) is 0.764. The van der Waals surface area contributed by atoms with Crippen LogP contribution in [0.3, 0.4) is 0 Å². The van der Waals surface area contributed by atoms with E-state index in [1.807, 2.05) is 38.1 Å². The van der Waals surface area contributed by atoms with Crippen LogP contribution in [0.2, 0.25) is 0 Å². The summed E-state index contributed by atoms with van der Waals surface area (Å²) in [5.41, 5.74) is 2.49. The van der Waals surface area contributed by atoms with Crippen molar-refractivity contribution in [3.05, 3.63) is 53.6 Å². The molecule has 1 aliphatic carbocycles. The third kappa shape index (κ3) is 7.47. The van der Waals surface area contributed by atoms with Gasteiger partial charge in [-0.25, -0.2) is 8.42 Å². The fourth-order valence-corrected chi connectivity index (χ4v) is 6.44. The van der Waals surface area contributed by atoms with E-state index in [0.717, 1.165) is 43.1 Å². The molecule has 2 aliphatic rings. The first-order chi connectivity index (χ1) is 19.2. The van der Waals surface area contributed by atoms with Crippen molar-refractivity contribution in [2.75, 3.05) is 23.9 Å². The van der Waals surface area contributed by atoms with Crippen LogP contribution in [0.1, 0.15) is 69.4 Å². The van der Waals surface area contributed by atoms with Gasteiger partial charge in [-0.2, -0.15) is 0 Å². The summed E-state index contributed by atoms with van der Waals surface area (Å²) in [6.07, 6.45) is 7.38. The minimum atomic E-state index is -3.61. The van der Waals surface area contributed by atoms with Gasteiger partial charge in [-0.1, -0.05) is 50.5 Å². The minimum absolute atomic E-state index is 0.0931. The van der Waals surface area contributed by atoms with Crippen LogP contribution in [0, 0.1) is 6.92 Å². The van der Waals surface area contributed by atoms with Gasteiger partial charge in [0, 0.05) is 31.6 Å². The summed E-state index contributed by atoms with van der Waals surface area (Å²) in [5, 5.41) is 3.20. The number of carbonyl (C=O) groups is 2. The van der Waals surface area contributed by atoms with E-state index in [9.17, 15) is 18.0 Å². The van der Waals surface area contributed by atoms with Crippen molar-refractivity contribution in [1.82, 2.24) is 10.2 Å². The number of aryl methyl sites for hydroxylation is 1. The zero-order chi connectivity index (χ0) is 28.7. The van der Waals surface area contributed by atoms with Gasteiger partial charge in [0.1, 0.15) is 6.04 Å². The van der Waals surface area contributed by atoms with Crippen LogP contribution in [-0.4, -0.2) is 56.8 Å². The van der Waals surface area contributed by atoms with Gasteiger partial charge >= 0.3 is 0 Å². The Hall–Kier alpha value is -3.27. The molecule has 10 heteroatoms. The minimum Gasteiger partial charge on any atom is -0.454 e. The van der Waals surface area contributed by atoms with Crippen molar-refractivity contribution in [3.63, 3.8) is 0 Å². The molecule has 1 atom stereocenters. The topological polar surface area (TPSA) is 105 Å². The maximum atomic E-state index is 13.7. The molecule has 40 heavy (non-hydrogen) atoms. The van der Waals surface area contributed by atoms with Crippen LogP contribution >= 0.6 is 0 Å². The average molecular weight is 572 g/mol. The van der Waals surface area contributed by atoms with E-state index in [4.69, 9.17) is 9.47 Å². The molecule has 1 saturated carbocycles. The average Bonchev–Trinajstić information content (AvgIpc) is 3.40. The highest BCUT2D eigenvalue weighted by Crippen LogP contribution is 2.36. The highest BCUT2D eigenvalue weighted by Gasteiger charge is 2.31. The van der Waals surface area contributed by atoms with Gasteiger partial charge in [-0.3, -0.25) is 13.9 Å². The highest BCUT2D eigenvalue weighted by atomic mass is 32.2. The quantitative estimate of drug-likeness (QED) is 0.402. The number of nitrogens with zero attached hydrogens (tertiary/aromatic N) is 2. The lowest BCUT2D eigenvalue weighted by Crippen LogP contribution is -2.51. The van der Waals surface area contributed by atoms with Crippen LogP contribution in [0.4, 0.5) is 5.69 Å². The number of hydrogen-bond acceptors (Lipinski definition) is 6. The number of rotatable bonds is 12. The van der Waals surface area contributed by atoms with Crippen molar-refractivity contribution >= 4 is 27.5 Å². The van der Waals surface area contributed by atoms with Crippen molar-refractivity contribution in [3.8, 4) is 11.5 Å². The van der Waals surface area contributed by atoms with Gasteiger partial charge in [-0.15, -0.1) is 0 Å². The van der Waals surface area contributed by atoms with E-state index in [-0.39, 0.29) is 37.6 Å². The van der Waals surface area contributed by atoms with Crippen molar-refractivity contribution < 1.29 is 27.5 Å². The molecule has 1 N–H and O–H groups in total. The molecule has 1 heterocycles. The standard InChI is InChI=1S/C30H41N3O6S/c1-4-26(30(35)31-24-13-6-5-7-14-24)32(20-23-12-9-8-11-22(23)2)29(34)15-10-18-33(40(3,36)37)25-16-17-27-28(19-25)39-21-38-27/h8-9,11-12,16-17,19,24,26H,4-7,10,13-15,18,20-21H2,1-3H3,(H,31,35)/t26-/m0/s1. The lowest BCUT2D eigenvalue weighted by atomic mass is 9.95. The van der Waals surface area contributed by atoms with Crippen LogP contribution in [0.25, 0.3) is 0 Å². The number of benzene rings is 2. The summed E-state index contributed by atoms with van der Waals surface area (Å²) in [6, 6.07) is 12.4. The Bertz CT molecular complexity index is 1290. The lowest BCUT2D eigenvalue weighted by molar-refractivity contribution is -0.141. The Labute approximate surface area is 237 Å². The zero-order valence-corrected chi connectivity index (χ0v) is 24.5. The summed E-state index contributed by atoms with van der Waals surface area (Å²) in [6.45, 7) is 4.45. The number of carbonyl (C=O) groups excluding carboxylic acids is 2. The Morgan fingerprint density at radius 3 is 2.48 bits per heavy atom. The second-order valence-electron chi connectivity index (χ2n) is 10.7. The molecule has 0 radical (unpaired) electrons. The summed E-state index contributed by atoms with van der Waals surface area (Å²) in [4.78, 5) is 28.8. The molecular formula is C30H41N3O6S. The molecule has 1 aliphatic heterocycles. The first-order valence-corrected chi connectivity index (χ1v) is 16.0. The number of sulfonamides is 1. The molecular weight excluding hydrogens is 530 g/mol. The normalized spacial score (nSPS) is 15.9. The zero-order valence-electron chi connectivity index (χ0n) is 23.7. The third-order valence-corrected chi connectivity index (χ3v) is 8.93. The summed E-state index contributed by atoms with van der Waals surface area (Å²) >= 11 is 0. The Morgan fingerprint density at radius 2 is 1.77 bits per heavy atom. The summed E-state index contributed by atoms with van der Waals surface area (Å²) in [7, 11) is -3.61. The Balaban J connectivity index is 1.48. The SMILES string of the molecule is CC[C@@H](C(=O)NC1CCCCC1)N(Cc1ccccc1C)C(=O)CCCN(c1ccc2c(c1)OCO2)S(C)(=O)=O. The number of hydrogen-bond donors (Lipinski definition) is 1. The second kappa shape index (κ2) is 13.4. The van der Waals surface area contributed by atoms with Gasteiger partial charge in [-0.05, 0) is 55.9 Å². The first kappa shape index (κ1) is 29.7. The van der Waals surface area contributed by atoms with E-state index in [1.54, 1.807) is 23.1 Å². The number of fused-ring (bicyclic) bond motifs is 1. The predicted molar refractivity (Wildman–Crippen MR) is 155 cm³/mol. The molecule has 0 unspecified atom stereocenters. The number of anilines is 1. The molecule has 2 amide bonds. The number of amides is 2. The Kier molecular flexibility index (Phi) is 9.95. The van der Waals surface area contributed by atoms with Gasteiger partial charge in [0.15, 0.2) is 11.5 Å². The van der Waals surface area contributed by atoms with Crippen LogP contribution < -0.4 is 19.1 Å².